The predicted molar refractivity (Wildman–Crippen MR) is 115 cm³/mol. The zero-order valence-electron chi connectivity index (χ0n) is 17.9. The highest BCUT2D eigenvalue weighted by Gasteiger charge is 2.26. The molecule has 2 aliphatic heterocycles. The van der Waals surface area contributed by atoms with Crippen molar-refractivity contribution < 1.29 is 14.3 Å². The molecule has 0 aromatic heterocycles. The minimum Gasteiger partial charge on any atom is -0.379 e. The molecule has 0 bridgehead atoms. The molecule has 1 N–H and O–H groups in total. The molecular formula is C22H34N4O3. The minimum absolute atomic E-state index is 0.0236. The monoisotopic (exact) mass is 402 g/mol. The second-order valence-corrected chi connectivity index (χ2v) is 8.22. The van der Waals surface area contributed by atoms with Crippen LogP contribution in [0.5, 0.6) is 0 Å². The van der Waals surface area contributed by atoms with E-state index in [2.05, 4.69) is 29.0 Å². The van der Waals surface area contributed by atoms with Crippen molar-refractivity contribution in [2.75, 3.05) is 63.9 Å². The van der Waals surface area contributed by atoms with Crippen molar-refractivity contribution in [3.05, 3.63) is 29.8 Å². The minimum atomic E-state index is 0.0236. The third-order valence-corrected chi connectivity index (χ3v) is 5.95. The molecule has 2 heterocycles. The van der Waals surface area contributed by atoms with E-state index in [0.29, 0.717) is 31.6 Å². The molecule has 2 fully saturated rings. The van der Waals surface area contributed by atoms with Gasteiger partial charge in [0.1, 0.15) is 0 Å². The summed E-state index contributed by atoms with van der Waals surface area (Å²) in [6, 6.07) is 8.08. The fourth-order valence-corrected chi connectivity index (χ4v) is 4.07. The normalized spacial score (nSPS) is 19.3. The van der Waals surface area contributed by atoms with Gasteiger partial charge < -0.3 is 19.9 Å². The number of anilines is 1. The van der Waals surface area contributed by atoms with Crippen LogP contribution in [0, 0.1) is 5.92 Å². The fourth-order valence-electron chi connectivity index (χ4n) is 4.07. The van der Waals surface area contributed by atoms with Gasteiger partial charge in [-0.3, -0.25) is 9.69 Å². The highest BCUT2D eigenvalue weighted by Crippen LogP contribution is 2.18. The average molecular weight is 403 g/mol. The lowest BCUT2D eigenvalue weighted by Crippen LogP contribution is -2.55. The van der Waals surface area contributed by atoms with E-state index >= 15 is 0 Å². The average Bonchev–Trinajstić information content (AvgIpc) is 2.74. The number of urea groups is 1. The number of hydrogen-bond donors (Lipinski definition) is 1. The molecule has 2 aliphatic rings. The van der Waals surface area contributed by atoms with E-state index in [-0.39, 0.29) is 11.8 Å². The number of rotatable bonds is 6. The van der Waals surface area contributed by atoms with Gasteiger partial charge in [-0.15, -0.1) is 0 Å². The number of nitrogens with one attached hydrogen (secondary N) is 1. The molecule has 1 aromatic rings. The van der Waals surface area contributed by atoms with Crippen LogP contribution in [0.2, 0.25) is 0 Å². The first-order valence-corrected chi connectivity index (χ1v) is 10.7. The molecule has 1 aromatic carbocycles. The highest BCUT2D eigenvalue weighted by molar-refractivity contribution is 5.94. The molecule has 1 atom stereocenters. The summed E-state index contributed by atoms with van der Waals surface area (Å²) in [6.07, 6.45) is 0. The molecule has 29 heavy (non-hydrogen) atoms. The maximum Gasteiger partial charge on any atom is 0.317 e. The van der Waals surface area contributed by atoms with Crippen LogP contribution in [-0.2, 0) is 4.74 Å². The SMILES string of the molecule is CC(=O)c1ccc(N2CCN(C(=O)NCC(C(C)C)N3CCOCC3)CC2)cc1. The molecule has 7 heteroatoms. The Kier molecular flexibility index (Phi) is 7.50. The van der Waals surface area contributed by atoms with Crippen molar-refractivity contribution in [2.24, 2.45) is 5.92 Å². The Morgan fingerprint density at radius 3 is 2.17 bits per heavy atom. The number of ether oxygens (including phenoxy) is 1. The highest BCUT2D eigenvalue weighted by atomic mass is 16.5. The number of Topliss-reactive ketones (excluding diaryl/α,β-unsaturated/α-hetero) is 1. The van der Waals surface area contributed by atoms with Crippen LogP contribution in [-0.4, -0.2) is 86.7 Å². The van der Waals surface area contributed by atoms with Crippen LogP contribution in [0.4, 0.5) is 10.5 Å². The van der Waals surface area contributed by atoms with Gasteiger partial charge in [0, 0.05) is 63.1 Å². The third-order valence-electron chi connectivity index (χ3n) is 5.95. The Morgan fingerprint density at radius 1 is 1.00 bits per heavy atom. The molecule has 1 unspecified atom stereocenters. The van der Waals surface area contributed by atoms with Gasteiger partial charge in [-0.1, -0.05) is 13.8 Å². The molecule has 2 amide bonds. The Labute approximate surface area is 174 Å². The zero-order chi connectivity index (χ0) is 20.8. The van der Waals surface area contributed by atoms with Gasteiger partial charge in [0.2, 0.25) is 0 Å². The van der Waals surface area contributed by atoms with Crippen LogP contribution in [0.1, 0.15) is 31.1 Å². The number of piperazine rings is 1. The topological polar surface area (TPSA) is 65.1 Å². The Morgan fingerprint density at radius 2 is 1.62 bits per heavy atom. The fraction of sp³-hybridized carbons (Fsp3) is 0.636. The van der Waals surface area contributed by atoms with E-state index in [4.69, 9.17) is 4.74 Å². The molecule has 7 nitrogen and oxygen atoms in total. The van der Waals surface area contributed by atoms with Gasteiger partial charge in [0.25, 0.3) is 0 Å². The first kappa shape index (κ1) is 21.6. The van der Waals surface area contributed by atoms with E-state index in [1.165, 1.54) is 0 Å². The molecule has 0 saturated carbocycles. The molecule has 3 rings (SSSR count). The van der Waals surface area contributed by atoms with Crippen LogP contribution >= 0.6 is 0 Å². The van der Waals surface area contributed by atoms with Gasteiger partial charge in [0.05, 0.1) is 13.2 Å². The lowest BCUT2D eigenvalue weighted by Gasteiger charge is -2.38. The van der Waals surface area contributed by atoms with E-state index in [1.54, 1.807) is 6.92 Å². The number of morpholine rings is 1. The van der Waals surface area contributed by atoms with Crippen molar-refractivity contribution in [1.82, 2.24) is 15.1 Å². The molecule has 2 saturated heterocycles. The molecule has 0 spiro atoms. The molecule has 0 radical (unpaired) electrons. The van der Waals surface area contributed by atoms with Gasteiger partial charge >= 0.3 is 6.03 Å². The number of hydrogen-bond acceptors (Lipinski definition) is 5. The smallest absolute Gasteiger partial charge is 0.317 e. The van der Waals surface area contributed by atoms with Crippen molar-refractivity contribution in [1.29, 1.82) is 0 Å². The van der Waals surface area contributed by atoms with E-state index < -0.39 is 0 Å². The summed E-state index contributed by atoms with van der Waals surface area (Å²) in [5.74, 6) is 0.554. The first-order valence-electron chi connectivity index (χ1n) is 10.7. The third kappa shape index (κ3) is 5.70. The number of nitrogens with zero attached hydrogens (tertiary/aromatic N) is 3. The van der Waals surface area contributed by atoms with Crippen molar-refractivity contribution in [3.63, 3.8) is 0 Å². The van der Waals surface area contributed by atoms with Crippen LogP contribution in [0.3, 0.4) is 0 Å². The summed E-state index contributed by atoms with van der Waals surface area (Å²) in [4.78, 5) is 30.7. The quantitative estimate of drug-likeness (QED) is 0.738. The predicted octanol–water partition coefficient (Wildman–Crippen LogP) is 2.08. The van der Waals surface area contributed by atoms with Crippen molar-refractivity contribution in [2.45, 2.75) is 26.8 Å². The number of carbonyl (C=O) groups is 2. The Balaban J connectivity index is 1.47. The summed E-state index contributed by atoms with van der Waals surface area (Å²) in [6.45, 7) is 13.1. The van der Waals surface area contributed by atoms with E-state index in [0.717, 1.165) is 50.6 Å². The largest absolute Gasteiger partial charge is 0.379 e. The maximum absolute atomic E-state index is 12.7. The summed E-state index contributed by atoms with van der Waals surface area (Å²) >= 11 is 0. The molecule has 160 valence electrons. The summed E-state index contributed by atoms with van der Waals surface area (Å²) in [5, 5.41) is 3.15. The van der Waals surface area contributed by atoms with E-state index in [9.17, 15) is 9.59 Å². The van der Waals surface area contributed by atoms with Crippen LogP contribution in [0.15, 0.2) is 24.3 Å². The standard InChI is InChI=1S/C22H34N4O3/c1-17(2)21(25-12-14-29-15-13-25)16-23-22(28)26-10-8-24(9-11-26)20-6-4-19(5-7-20)18(3)27/h4-7,17,21H,8-16H2,1-3H3,(H,23,28). The Hall–Kier alpha value is -2.12. The number of amides is 2. The summed E-state index contributed by atoms with van der Waals surface area (Å²) in [7, 11) is 0. The van der Waals surface area contributed by atoms with Crippen LogP contribution < -0.4 is 10.2 Å². The number of ketones is 1. The second-order valence-electron chi connectivity index (χ2n) is 8.22. The first-order chi connectivity index (χ1) is 14.0. The summed E-state index contributed by atoms with van der Waals surface area (Å²) < 4.78 is 5.46. The number of benzene rings is 1. The number of carbonyl (C=O) groups excluding carboxylic acids is 2. The maximum atomic E-state index is 12.7. The lowest BCUT2D eigenvalue weighted by atomic mass is 10.0. The van der Waals surface area contributed by atoms with Gasteiger partial charge in [-0.2, -0.15) is 0 Å². The molecule has 0 aliphatic carbocycles. The second kappa shape index (κ2) is 10.1. The van der Waals surface area contributed by atoms with Gasteiger partial charge in [-0.05, 0) is 37.1 Å². The molecular weight excluding hydrogens is 368 g/mol. The van der Waals surface area contributed by atoms with Gasteiger partial charge in [-0.25, -0.2) is 4.79 Å². The van der Waals surface area contributed by atoms with E-state index in [1.807, 2.05) is 29.2 Å². The van der Waals surface area contributed by atoms with Gasteiger partial charge in [0.15, 0.2) is 5.78 Å². The summed E-state index contributed by atoms with van der Waals surface area (Å²) in [5.41, 5.74) is 1.83. The lowest BCUT2D eigenvalue weighted by molar-refractivity contribution is 0.00693. The van der Waals surface area contributed by atoms with Crippen molar-refractivity contribution >= 4 is 17.5 Å². The van der Waals surface area contributed by atoms with Crippen LogP contribution in [0.25, 0.3) is 0 Å². The zero-order valence-corrected chi connectivity index (χ0v) is 17.9. The van der Waals surface area contributed by atoms with Crippen molar-refractivity contribution in [3.8, 4) is 0 Å². The Bertz CT molecular complexity index is 678.